The summed E-state index contributed by atoms with van der Waals surface area (Å²) < 4.78 is 30.7. The first-order valence-electron chi connectivity index (χ1n) is 12.0. The van der Waals surface area contributed by atoms with Gasteiger partial charge in [-0.2, -0.15) is 0 Å². The third kappa shape index (κ3) is 10.5. The number of hydrogen-bond acceptors (Lipinski definition) is 11. The predicted molar refractivity (Wildman–Crippen MR) is 135 cm³/mol. The molecule has 0 saturated heterocycles. The summed E-state index contributed by atoms with van der Waals surface area (Å²) in [5.41, 5.74) is 6.87. The highest BCUT2D eigenvalue weighted by molar-refractivity contribution is 5.89. The summed E-state index contributed by atoms with van der Waals surface area (Å²) in [5.74, 6) is -1.49. The molecule has 0 saturated carbocycles. The van der Waals surface area contributed by atoms with Crippen LogP contribution in [0.1, 0.15) is 50.5 Å². The second kappa shape index (κ2) is 14.6. The Kier molecular flexibility index (Phi) is 11.5. The first-order chi connectivity index (χ1) is 17.9. The van der Waals surface area contributed by atoms with Gasteiger partial charge in [0.25, 0.3) is 0 Å². The van der Waals surface area contributed by atoms with E-state index < -0.39 is 48.6 Å². The minimum atomic E-state index is -1.09. The van der Waals surface area contributed by atoms with Crippen molar-refractivity contribution in [2.24, 2.45) is 5.73 Å². The van der Waals surface area contributed by atoms with Gasteiger partial charge in [-0.1, -0.05) is 24.3 Å². The summed E-state index contributed by atoms with van der Waals surface area (Å²) in [7, 11) is 0. The van der Waals surface area contributed by atoms with E-state index in [0.717, 1.165) is 0 Å². The zero-order valence-electron chi connectivity index (χ0n) is 22.0. The van der Waals surface area contributed by atoms with E-state index in [2.05, 4.69) is 0 Å². The predicted octanol–water partition coefficient (Wildman–Crippen LogP) is 4.19. The lowest BCUT2D eigenvalue weighted by molar-refractivity contribution is -0.151. The van der Waals surface area contributed by atoms with Gasteiger partial charge >= 0.3 is 24.2 Å². The summed E-state index contributed by atoms with van der Waals surface area (Å²) in [5, 5.41) is 0. The lowest BCUT2D eigenvalue weighted by Crippen LogP contribution is -2.37. The standard InChI is InChI=1S/C27H33NO10/c1-16(2)34-26(31)37-22-12-11-19(14-23(22)38-27(32)35-17(3)4)13-21(28)25(30)36-18(5)15-33-24(29)20-9-7-6-8-10-20/h6-12,14,16-18,21H,13,15,28H2,1-5H3/t18-,21-/m0/s1. The van der Waals surface area contributed by atoms with Gasteiger partial charge in [-0.15, -0.1) is 0 Å². The molecule has 0 amide bonds. The Balaban J connectivity index is 2.01. The second-order valence-electron chi connectivity index (χ2n) is 8.84. The van der Waals surface area contributed by atoms with Gasteiger partial charge in [-0.05, 0) is 70.9 Å². The average Bonchev–Trinajstić information content (AvgIpc) is 2.83. The molecule has 0 unspecified atom stereocenters. The molecule has 2 aromatic carbocycles. The van der Waals surface area contributed by atoms with Crippen molar-refractivity contribution in [3.63, 3.8) is 0 Å². The van der Waals surface area contributed by atoms with E-state index in [-0.39, 0.29) is 24.5 Å². The Bertz CT molecular complexity index is 1100. The highest BCUT2D eigenvalue weighted by atomic mass is 16.7. The normalized spacial score (nSPS) is 12.3. The maximum Gasteiger partial charge on any atom is 0.514 e. The molecule has 0 aliphatic carbocycles. The Labute approximate surface area is 221 Å². The molecule has 38 heavy (non-hydrogen) atoms. The fraction of sp³-hybridized carbons (Fsp3) is 0.407. The number of rotatable bonds is 11. The monoisotopic (exact) mass is 531 g/mol. The van der Waals surface area contributed by atoms with Crippen LogP contribution in [0, 0.1) is 0 Å². The molecule has 11 heteroatoms. The molecular weight excluding hydrogens is 498 g/mol. The van der Waals surface area contributed by atoms with Crippen molar-refractivity contribution < 1.29 is 47.6 Å². The van der Waals surface area contributed by atoms with Gasteiger partial charge in [0.05, 0.1) is 17.8 Å². The van der Waals surface area contributed by atoms with E-state index in [1.54, 1.807) is 65.0 Å². The van der Waals surface area contributed by atoms with E-state index in [4.69, 9.17) is 34.2 Å². The number of ether oxygens (including phenoxy) is 6. The molecule has 2 rings (SSSR count). The Hall–Kier alpha value is -4.12. The molecule has 0 bridgehead atoms. The van der Waals surface area contributed by atoms with Crippen molar-refractivity contribution in [3.8, 4) is 11.5 Å². The van der Waals surface area contributed by atoms with E-state index in [0.29, 0.717) is 11.1 Å². The average molecular weight is 532 g/mol. The van der Waals surface area contributed by atoms with E-state index in [9.17, 15) is 19.2 Å². The largest absolute Gasteiger partial charge is 0.514 e. The van der Waals surface area contributed by atoms with Gasteiger partial charge in [-0.3, -0.25) is 4.79 Å². The second-order valence-corrected chi connectivity index (χ2v) is 8.84. The van der Waals surface area contributed by atoms with E-state index >= 15 is 0 Å². The topological polar surface area (TPSA) is 150 Å². The molecule has 0 spiro atoms. The molecule has 0 aliphatic heterocycles. The van der Waals surface area contributed by atoms with Crippen LogP contribution in [-0.2, 0) is 30.2 Å². The van der Waals surface area contributed by atoms with Crippen molar-refractivity contribution in [1.29, 1.82) is 0 Å². The summed E-state index contributed by atoms with van der Waals surface area (Å²) in [6.45, 7) is 8.00. The number of nitrogens with two attached hydrogens (primary N) is 1. The van der Waals surface area contributed by atoms with Gasteiger partial charge in [0.1, 0.15) is 18.8 Å². The summed E-state index contributed by atoms with van der Waals surface area (Å²) in [6.07, 6.45) is -3.61. The van der Waals surface area contributed by atoms with Crippen molar-refractivity contribution in [3.05, 3.63) is 59.7 Å². The number of hydrogen-bond donors (Lipinski definition) is 1. The van der Waals surface area contributed by atoms with Crippen molar-refractivity contribution in [1.82, 2.24) is 0 Å². The van der Waals surface area contributed by atoms with Gasteiger partial charge in [0.2, 0.25) is 0 Å². The van der Waals surface area contributed by atoms with Gasteiger partial charge in [0.15, 0.2) is 11.5 Å². The molecule has 2 aromatic rings. The molecule has 0 aliphatic rings. The highest BCUT2D eigenvalue weighted by Gasteiger charge is 2.22. The lowest BCUT2D eigenvalue weighted by Gasteiger charge is -2.18. The maximum atomic E-state index is 12.5. The molecule has 0 heterocycles. The Morgan fingerprint density at radius 3 is 1.92 bits per heavy atom. The van der Waals surface area contributed by atoms with Crippen LogP contribution in [0.15, 0.2) is 48.5 Å². The minimum Gasteiger partial charge on any atom is -0.458 e. The summed E-state index contributed by atoms with van der Waals surface area (Å²) in [4.78, 5) is 48.5. The quantitative estimate of drug-likeness (QED) is 0.252. The molecule has 2 N–H and O–H groups in total. The highest BCUT2D eigenvalue weighted by Crippen LogP contribution is 2.30. The van der Waals surface area contributed by atoms with Crippen LogP contribution in [0.25, 0.3) is 0 Å². The molecule has 11 nitrogen and oxygen atoms in total. The Morgan fingerprint density at radius 2 is 1.34 bits per heavy atom. The van der Waals surface area contributed by atoms with Crippen LogP contribution in [-0.4, -0.2) is 55.2 Å². The number of esters is 2. The number of carbonyl (C=O) groups excluding carboxylic acids is 4. The van der Waals surface area contributed by atoms with Gasteiger partial charge < -0.3 is 34.2 Å². The summed E-state index contributed by atoms with van der Waals surface area (Å²) >= 11 is 0. The molecule has 0 fully saturated rings. The molecule has 0 radical (unpaired) electrons. The van der Waals surface area contributed by atoms with E-state index in [1.165, 1.54) is 18.2 Å². The lowest BCUT2D eigenvalue weighted by atomic mass is 10.1. The number of benzene rings is 2. The fourth-order valence-electron chi connectivity index (χ4n) is 2.96. The van der Waals surface area contributed by atoms with Crippen LogP contribution in [0.2, 0.25) is 0 Å². The summed E-state index contributed by atoms with van der Waals surface area (Å²) in [6, 6.07) is 11.6. The number of carbonyl (C=O) groups is 4. The smallest absolute Gasteiger partial charge is 0.458 e. The maximum absolute atomic E-state index is 12.5. The molecular formula is C27H33NO10. The molecule has 206 valence electrons. The fourth-order valence-corrected chi connectivity index (χ4v) is 2.96. The Morgan fingerprint density at radius 1 is 0.763 bits per heavy atom. The third-order valence-electron chi connectivity index (χ3n) is 4.59. The zero-order valence-corrected chi connectivity index (χ0v) is 22.0. The van der Waals surface area contributed by atoms with Crippen molar-refractivity contribution >= 4 is 24.2 Å². The minimum absolute atomic E-state index is 0.00165. The van der Waals surface area contributed by atoms with Crippen LogP contribution < -0.4 is 15.2 Å². The van der Waals surface area contributed by atoms with E-state index in [1.807, 2.05) is 0 Å². The molecule has 0 aromatic heterocycles. The van der Waals surface area contributed by atoms with Crippen LogP contribution in [0.5, 0.6) is 11.5 Å². The first-order valence-corrected chi connectivity index (χ1v) is 12.0. The van der Waals surface area contributed by atoms with Crippen molar-refractivity contribution in [2.45, 2.75) is 65.4 Å². The third-order valence-corrected chi connectivity index (χ3v) is 4.59. The van der Waals surface area contributed by atoms with Gasteiger partial charge in [0, 0.05) is 0 Å². The van der Waals surface area contributed by atoms with Crippen molar-refractivity contribution in [2.75, 3.05) is 6.61 Å². The van der Waals surface area contributed by atoms with Crippen LogP contribution >= 0.6 is 0 Å². The SMILES string of the molecule is CC(C)OC(=O)Oc1ccc(C[C@H](N)C(=O)O[C@@H](C)COC(=O)c2ccccc2)cc1OC(=O)OC(C)C. The zero-order chi connectivity index (χ0) is 28.2. The molecule has 2 atom stereocenters. The van der Waals surface area contributed by atoms with Crippen LogP contribution in [0.3, 0.4) is 0 Å². The first kappa shape index (κ1) is 30.1. The van der Waals surface area contributed by atoms with Gasteiger partial charge in [-0.25, -0.2) is 14.4 Å². The van der Waals surface area contributed by atoms with Crippen LogP contribution in [0.4, 0.5) is 9.59 Å².